The van der Waals surface area contributed by atoms with E-state index in [1.807, 2.05) is 42.5 Å². The summed E-state index contributed by atoms with van der Waals surface area (Å²) >= 11 is 0. The molecule has 13 heavy (non-hydrogen) atoms. The monoisotopic (exact) mass is 170 g/mol. The average molecular weight is 170 g/mol. The van der Waals surface area contributed by atoms with Crippen molar-refractivity contribution in [1.29, 1.82) is 0 Å². The molecule has 1 radical (unpaired) electrons. The van der Waals surface area contributed by atoms with Crippen molar-refractivity contribution in [1.82, 2.24) is 5.32 Å². The Bertz CT molecular complexity index is 432. The zero-order chi connectivity index (χ0) is 9.10. The van der Waals surface area contributed by atoms with E-state index in [2.05, 4.69) is 5.32 Å². The van der Waals surface area contributed by atoms with E-state index in [-0.39, 0.29) is 0 Å². The molecule has 0 heterocycles. The molecule has 0 aliphatic heterocycles. The molecule has 0 bridgehead atoms. The number of nitrogens with zero attached hydrogens (tertiary/aromatic N) is 1. The van der Waals surface area contributed by atoms with Gasteiger partial charge in [-0.3, -0.25) is 4.79 Å². The lowest BCUT2D eigenvalue weighted by atomic mass is 10.1. The molecule has 0 aromatic heterocycles. The van der Waals surface area contributed by atoms with Crippen LogP contribution in [0.1, 0.15) is 0 Å². The molecular weight excluding hydrogens is 162 g/mol. The van der Waals surface area contributed by atoms with Crippen LogP contribution in [0.4, 0.5) is 5.69 Å². The third kappa shape index (κ3) is 1.38. The lowest BCUT2D eigenvalue weighted by Crippen LogP contribution is -1.92. The summed E-state index contributed by atoms with van der Waals surface area (Å²) in [6.45, 7) is 0. The van der Waals surface area contributed by atoms with Crippen molar-refractivity contribution < 1.29 is 4.79 Å². The van der Waals surface area contributed by atoms with Crippen molar-refractivity contribution in [3.8, 4) is 0 Å². The first-order chi connectivity index (χ1) is 6.42. The summed E-state index contributed by atoms with van der Waals surface area (Å²) in [6.07, 6.45) is 0.571. The highest BCUT2D eigenvalue weighted by Crippen LogP contribution is 2.22. The van der Waals surface area contributed by atoms with E-state index in [1.54, 1.807) is 0 Å². The number of rotatable bonds is 2. The maximum atomic E-state index is 10.3. The Morgan fingerprint density at radius 3 is 2.62 bits per heavy atom. The van der Waals surface area contributed by atoms with Crippen LogP contribution in [0.3, 0.4) is 0 Å². The van der Waals surface area contributed by atoms with Crippen LogP contribution in [0.15, 0.2) is 42.5 Å². The summed E-state index contributed by atoms with van der Waals surface area (Å²) in [7, 11) is 0. The molecule has 0 N–H and O–H groups in total. The quantitative estimate of drug-likeness (QED) is 0.636. The van der Waals surface area contributed by atoms with Crippen LogP contribution in [-0.2, 0) is 4.79 Å². The van der Waals surface area contributed by atoms with E-state index in [0.717, 1.165) is 16.5 Å². The van der Waals surface area contributed by atoms with Crippen LogP contribution in [0.2, 0.25) is 0 Å². The van der Waals surface area contributed by atoms with E-state index < -0.39 is 0 Å². The number of carbonyl (C=O) groups is 1. The summed E-state index contributed by atoms with van der Waals surface area (Å²) in [5.74, 6) is 0. The van der Waals surface area contributed by atoms with Gasteiger partial charge in [0.15, 0.2) is 0 Å². The molecule has 2 rings (SSSR count). The summed E-state index contributed by atoms with van der Waals surface area (Å²) in [5.41, 5.74) is 0.730. The van der Waals surface area contributed by atoms with Crippen LogP contribution in [0, 0.1) is 0 Å². The fourth-order valence-electron chi connectivity index (χ4n) is 1.38. The van der Waals surface area contributed by atoms with Gasteiger partial charge >= 0.3 is 0 Å². The van der Waals surface area contributed by atoms with Gasteiger partial charge in [0, 0.05) is 5.39 Å². The van der Waals surface area contributed by atoms with Crippen LogP contribution >= 0.6 is 0 Å². The Labute approximate surface area is 76.2 Å². The number of carbonyl (C=O) groups excluding carboxylic acids is 1. The summed E-state index contributed by atoms with van der Waals surface area (Å²) in [5, 5.41) is 5.87. The van der Waals surface area contributed by atoms with Gasteiger partial charge in [0.1, 0.15) is 0 Å². The van der Waals surface area contributed by atoms with Crippen LogP contribution in [0.25, 0.3) is 10.8 Å². The van der Waals surface area contributed by atoms with Crippen molar-refractivity contribution >= 4 is 22.9 Å². The Balaban J connectivity index is 2.68. The maximum absolute atomic E-state index is 10.3. The molecule has 1 amide bonds. The molecule has 0 spiro atoms. The van der Waals surface area contributed by atoms with Gasteiger partial charge in [0.05, 0.1) is 5.69 Å². The van der Waals surface area contributed by atoms with E-state index in [4.69, 9.17) is 0 Å². The first-order valence-electron chi connectivity index (χ1n) is 4.04. The molecule has 63 valence electrons. The highest BCUT2D eigenvalue weighted by Gasteiger charge is 1.98. The molecule has 0 saturated carbocycles. The van der Waals surface area contributed by atoms with E-state index in [9.17, 15) is 4.79 Å². The molecule has 2 aromatic carbocycles. The minimum Gasteiger partial charge on any atom is -0.276 e. The molecule has 0 fully saturated rings. The first kappa shape index (κ1) is 7.80. The van der Waals surface area contributed by atoms with Gasteiger partial charge in [-0.15, -0.1) is 0 Å². The lowest BCUT2D eigenvalue weighted by molar-refractivity contribution is -0.108. The van der Waals surface area contributed by atoms with Gasteiger partial charge in [-0.05, 0) is 11.5 Å². The Morgan fingerprint density at radius 2 is 1.77 bits per heavy atom. The molecule has 2 heteroatoms. The van der Waals surface area contributed by atoms with Crippen molar-refractivity contribution in [2.45, 2.75) is 0 Å². The molecule has 0 unspecified atom stereocenters. The predicted octanol–water partition coefficient (Wildman–Crippen LogP) is 2.23. The van der Waals surface area contributed by atoms with Crippen molar-refractivity contribution in [3.63, 3.8) is 0 Å². The highest BCUT2D eigenvalue weighted by molar-refractivity contribution is 5.93. The zero-order valence-electron chi connectivity index (χ0n) is 6.97. The number of fused-ring (bicyclic) bond motifs is 1. The fourth-order valence-corrected chi connectivity index (χ4v) is 1.38. The molecule has 0 aliphatic rings. The standard InChI is InChI=1S/C11H8NO/c13-8-12-11-7-3-5-9-4-1-2-6-10(9)11/h1-8H. The Kier molecular flexibility index (Phi) is 1.96. The molecule has 2 aromatic rings. The van der Waals surface area contributed by atoms with Gasteiger partial charge in [-0.2, -0.15) is 0 Å². The number of benzene rings is 2. The topological polar surface area (TPSA) is 31.2 Å². The third-order valence-electron chi connectivity index (χ3n) is 1.96. The van der Waals surface area contributed by atoms with E-state index in [1.165, 1.54) is 0 Å². The molecule has 2 nitrogen and oxygen atoms in total. The normalized spacial score (nSPS) is 9.85. The lowest BCUT2D eigenvalue weighted by Gasteiger charge is -2.01. The molecule has 0 atom stereocenters. The number of hydrogen-bond donors (Lipinski definition) is 0. The maximum Gasteiger partial charge on any atom is 0.233 e. The fraction of sp³-hybridized carbons (Fsp3) is 0. The van der Waals surface area contributed by atoms with Crippen LogP contribution in [0.5, 0.6) is 0 Å². The second-order valence-electron chi connectivity index (χ2n) is 2.73. The third-order valence-corrected chi connectivity index (χ3v) is 1.96. The van der Waals surface area contributed by atoms with Crippen molar-refractivity contribution in [2.24, 2.45) is 0 Å². The second-order valence-corrected chi connectivity index (χ2v) is 2.73. The molecule has 0 saturated heterocycles. The van der Waals surface area contributed by atoms with Crippen LogP contribution < -0.4 is 5.32 Å². The SMILES string of the molecule is O=C[N]c1cccc2ccccc12. The highest BCUT2D eigenvalue weighted by atomic mass is 16.1. The minimum atomic E-state index is 0.571. The van der Waals surface area contributed by atoms with Crippen molar-refractivity contribution in [2.75, 3.05) is 0 Å². The summed E-state index contributed by atoms with van der Waals surface area (Å²) in [4.78, 5) is 10.3. The number of amides is 1. The van der Waals surface area contributed by atoms with Gasteiger partial charge < -0.3 is 0 Å². The van der Waals surface area contributed by atoms with Gasteiger partial charge in [-0.25, -0.2) is 5.32 Å². The summed E-state index contributed by atoms with van der Waals surface area (Å²) < 4.78 is 0. The number of hydrogen-bond acceptors (Lipinski definition) is 1. The van der Waals surface area contributed by atoms with E-state index in [0.29, 0.717) is 6.41 Å². The smallest absolute Gasteiger partial charge is 0.233 e. The zero-order valence-corrected chi connectivity index (χ0v) is 6.97. The Hall–Kier alpha value is -1.83. The first-order valence-corrected chi connectivity index (χ1v) is 4.04. The van der Waals surface area contributed by atoms with Gasteiger partial charge in [0.2, 0.25) is 6.41 Å². The largest absolute Gasteiger partial charge is 0.276 e. The second kappa shape index (κ2) is 3.27. The van der Waals surface area contributed by atoms with Crippen LogP contribution in [-0.4, -0.2) is 6.41 Å². The van der Waals surface area contributed by atoms with Gasteiger partial charge in [0.25, 0.3) is 0 Å². The van der Waals surface area contributed by atoms with Crippen molar-refractivity contribution in [3.05, 3.63) is 42.5 Å². The van der Waals surface area contributed by atoms with E-state index >= 15 is 0 Å². The Morgan fingerprint density at radius 1 is 1.00 bits per heavy atom. The average Bonchev–Trinajstić information content (AvgIpc) is 2.19. The molecular formula is C11H8NO. The molecule has 0 aliphatic carbocycles. The minimum absolute atomic E-state index is 0.571. The van der Waals surface area contributed by atoms with Gasteiger partial charge in [-0.1, -0.05) is 36.4 Å². The summed E-state index contributed by atoms with van der Waals surface area (Å²) in [6, 6.07) is 13.6. The predicted molar refractivity (Wildman–Crippen MR) is 51.8 cm³/mol.